The number of aryl methyl sites for hydroxylation is 1. The van der Waals surface area contributed by atoms with Crippen LogP contribution < -0.4 is 0 Å². The maximum Gasteiger partial charge on any atom is 0.0730 e. The van der Waals surface area contributed by atoms with Crippen LogP contribution in [-0.4, -0.2) is 0 Å². The third-order valence-electron chi connectivity index (χ3n) is 1.74. The Morgan fingerprint density at radius 3 is 2.82 bits per heavy atom. The van der Waals surface area contributed by atoms with Gasteiger partial charge in [0.2, 0.25) is 0 Å². The molecule has 1 aromatic heterocycles. The second-order valence-corrected chi connectivity index (χ2v) is 4.91. The van der Waals surface area contributed by atoms with E-state index in [0.717, 1.165) is 0 Å². The summed E-state index contributed by atoms with van der Waals surface area (Å²) in [5.74, 6) is 0. The highest BCUT2D eigenvalue weighted by Crippen LogP contribution is 2.24. The molecule has 0 unspecified atom stereocenters. The summed E-state index contributed by atoms with van der Waals surface area (Å²) in [6, 6.07) is 2.21. The summed E-state index contributed by atoms with van der Waals surface area (Å²) >= 11 is 5.32. The molecule has 1 heterocycles. The van der Waals surface area contributed by atoms with Crippen molar-refractivity contribution in [3.63, 3.8) is 0 Å². The highest BCUT2D eigenvalue weighted by atomic mass is 79.9. The Hall–Kier alpha value is 0.180. The van der Waals surface area contributed by atoms with Crippen molar-refractivity contribution >= 4 is 27.3 Å². The lowest BCUT2D eigenvalue weighted by Crippen LogP contribution is -1.81. The molecule has 0 saturated carbocycles. The Balaban J connectivity index is 2.32. The van der Waals surface area contributed by atoms with Gasteiger partial charge in [0.1, 0.15) is 0 Å². The van der Waals surface area contributed by atoms with Crippen molar-refractivity contribution in [2.24, 2.45) is 0 Å². The fraction of sp³-hybridized carbons (Fsp3) is 0.556. The van der Waals surface area contributed by atoms with Crippen molar-refractivity contribution in [3.05, 3.63) is 20.8 Å². The van der Waals surface area contributed by atoms with Crippen LogP contribution in [0.2, 0.25) is 0 Å². The third-order valence-corrected chi connectivity index (χ3v) is 3.55. The van der Waals surface area contributed by atoms with E-state index < -0.39 is 0 Å². The normalized spacial score (nSPS) is 10.4. The van der Waals surface area contributed by atoms with Gasteiger partial charge >= 0.3 is 0 Å². The van der Waals surface area contributed by atoms with Crippen LogP contribution >= 0.6 is 27.3 Å². The zero-order chi connectivity index (χ0) is 8.10. The van der Waals surface area contributed by atoms with Crippen molar-refractivity contribution < 1.29 is 0 Å². The molecule has 0 radical (unpaired) electrons. The Morgan fingerprint density at radius 2 is 2.27 bits per heavy atom. The van der Waals surface area contributed by atoms with Gasteiger partial charge in [-0.05, 0) is 45.8 Å². The van der Waals surface area contributed by atoms with Gasteiger partial charge in [0.15, 0.2) is 0 Å². The van der Waals surface area contributed by atoms with Crippen molar-refractivity contribution in [1.82, 2.24) is 0 Å². The number of unbranched alkanes of at least 4 members (excludes halogenated alkanes) is 2. The SMILES string of the molecule is CCCCCc1ccsc1Br. The summed E-state index contributed by atoms with van der Waals surface area (Å²) in [6.45, 7) is 2.24. The maximum absolute atomic E-state index is 3.54. The first kappa shape index (κ1) is 9.27. The summed E-state index contributed by atoms with van der Waals surface area (Å²) in [5, 5.41) is 2.14. The van der Waals surface area contributed by atoms with Gasteiger partial charge in [-0.3, -0.25) is 0 Å². The van der Waals surface area contributed by atoms with E-state index in [2.05, 4.69) is 34.3 Å². The maximum atomic E-state index is 3.54. The minimum Gasteiger partial charge on any atom is -0.137 e. The van der Waals surface area contributed by atoms with Gasteiger partial charge in [-0.2, -0.15) is 0 Å². The molecular formula is C9H13BrS. The number of thiophene rings is 1. The topological polar surface area (TPSA) is 0 Å². The molecule has 0 nitrogen and oxygen atoms in total. The van der Waals surface area contributed by atoms with Crippen molar-refractivity contribution in [1.29, 1.82) is 0 Å². The fourth-order valence-electron chi connectivity index (χ4n) is 1.06. The van der Waals surface area contributed by atoms with Crippen LogP contribution in [-0.2, 0) is 6.42 Å². The van der Waals surface area contributed by atoms with Gasteiger partial charge in [-0.25, -0.2) is 0 Å². The lowest BCUT2D eigenvalue weighted by Gasteiger charge is -1.96. The zero-order valence-corrected chi connectivity index (χ0v) is 9.17. The number of rotatable bonds is 4. The van der Waals surface area contributed by atoms with E-state index in [9.17, 15) is 0 Å². The number of hydrogen-bond donors (Lipinski definition) is 0. The van der Waals surface area contributed by atoms with E-state index in [-0.39, 0.29) is 0 Å². The first-order chi connectivity index (χ1) is 5.34. The van der Waals surface area contributed by atoms with Crippen LogP contribution in [0.3, 0.4) is 0 Å². The van der Waals surface area contributed by atoms with Gasteiger partial charge in [0.05, 0.1) is 3.79 Å². The molecular weight excluding hydrogens is 220 g/mol. The molecule has 0 N–H and O–H groups in total. The first-order valence-electron chi connectivity index (χ1n) is 4.06. The highest BCUT2D eigenvalue weighted by Gasteiger charge is 1.98. The predicted molar refractivity (Wildman–Crippen MR) is 55.2 cm³/mol. The Bertz CT molecular complexity index is 205. The smallest absolute Gasteiger partial charge is 0.0730 e. The van der Waals surface area contributed by atoms with Crippen LogP contribution in [0.1, 0.15) is 31.7 Å². The average molecular weight is 233 g/mol. The molecule has 0 aliphatic carbocycles. The molecule has 2 heteroatoms. The Kier molecular flexibility index (Phi) is 4.16. The zero-order valence-electron chi connectivity index (χ0n) is 6.77. The number of hydrogen-bond acceptors (Lipinski definition) is 1. The molecule has 0 fully saturated rings. The second kappa shape index (κ2) is 4.94. The summed E-state index contributed by atoms with van der Waals surface area (Å²) < 4.78 is 1.31. The molecule has 1 rings (SSSR count). The molecule has 0 amide bonds. The largest absolute Gasteiger partial charge is 0.137 e. The molecule has 0 aromatic carbocycles. The van der Waals surface area contributed by atoms with Crippen LogP contribution in [0.25, 0.3) is 0 Å². The summed E-state index contributed by atoms with van der Waals surface area (Å²) in [6.07, 6.45) is 5.22. The van der Waals surface area contributed by atoms with Crippen molar-refractivity contribution in [3.8, 4) is 0 Å². The van der Waals surface area contributed by atoms with Crippen molar-refractivity contribution in [2.75, 3.05) is 0 Å². The molecule has 0 spiro atoms. The van der Waals surface area contributed by atoms with E-state index in [1.165, 1.54) is 35.0 Å². The van der Waals surface area contributed by atoms with Gasteiger partial charge in [0.25, 0.3) is 0 Å². The summed E-state index contributed by atoms with van der Waals surface area (Å²) in [5.41, 5.74) is 1.48. The molecule has 11 heavy (non-hydrogen) atoms. The quantitative estimate of drug-likeness (QED) is 0.682. The summed E-state index contributed by atoms with van der Waals surface area (Å²) in [7, 11) is 0. The molecule has 0 saturated heterocycles. The standard InChI is InChI=1S/C9H13BrS/c1-2-3-4-5-8-6-7-11-9(8)10/h6-7H,2-5H2,1H3. The van der Waals surface area contributed by atoms with Gasteiger partial charge < -0.3 is 0 Å². The minimum absolute atomic E-state index is 1.23. The molecule has 0 aliphatic rings. The number of halogens is 1. The van der Waals surface area contributed by atoms with Crippen LogP contribution in [0.4, 0.5) is 0 Å². The first-order valence-corrected chi connectivity index (χ1v) is 5.73. The van der Waals surface area contributed by atoms with E-state index in [1.54, 1.807) is 11.3 Å². The summed E-state index contributed by atoms with van der Waals surface area (Å²) in [4.78, 5) is 0. The van der Waals surface area contributed by atoms with Gasteiger partial charge in [0, 0.05) is 0 Å². The highest BCUT2D eigenvalue weighted by molar-refractivity contribution is 9.11. The van der Waals surface area contributed by atoms with Crippen molar-refractivity contribution in [2.45, 2.75) is 32.6 Å². The lowest BCUT2D eigenvalue weighted by atomic mass is 10.1. The fourth-order valence-corrected chi connectivity index (χ4v) is 2.39. The van der Waals surface area contributed by atoms with E-state index >= 15 is 0 Å². The van der Waals surface area contributed by atoms with E-state index in [1.807, 2.05) is 0 Å². The predicted octanol–water partition coefficient (Wildman–Crippen LogP) is 4.24. The minimum atomic E-state index is 1.23. The Morgan fingerprint density at radius 1 is 1.45 bits per heavy atom. The Labute approximate surface area is 80.8 Å². The third kappa shape index (κ3) is 2.96. The average Bonchev–Trinajstić information content (AvgIpc) is 2.37. The molecule has 62 valence electrons. The molecule has 0 atom stereocenters. The van der Waals surface area contributed by atoms with E-state index in [0.29, 0.717) is 0 Å². The monoisotopic (exact) mass is 232 g/mol. The van der Waals surface area contributed by atoms with E-state index in [4.69, 9.17) is 0 Å². The second-order valence-electron chi connectivity index (χ2n) is 2.68. The van der Waals surface area contributed by atoms with Crippen LogP contribution in [0.15, 0.2) is 15.2 Å². The molecule has 1 aromatic rings. The van der Waals surface area contributed by atoms with Crippen LogP contribution in [0.5, 0.6) is 0 Å². The van der Waals surface area contributed by atoms with Crippen LogP contribution in [0, 0.1) is 0 Å². The van der Waals surface area contributed by atoms with Gasteiger partial charge in [-0.1, -0.05) is 19.8 Å². The lowest BCUT2D eigenvalue weighted by molar-refractivity contribution is 0.717. The molecule has 0 aliphatic heterocycles. The molecule has 0 bridgehead atoms. The van der Waals surface area contributed by atoms with Gasteiger partial charge in [-0.15, -0.1) is 11.3 Å².